The van der Waals surface area contributed by atoms with Gasteiger partial charge in [-0.15, -0.1) is 0 Å². The van der Waals surface area contributed by atoms with Crippen LogP contribution in [0.4, 0.5) is 0 Å². The number of carbonyl (C=O) groups excluding carboxylic acids is 1. The summed E-state index contributed by atoms with van der Waals surface area (Å²) in [6.07, 6.45) is 1.94. The summed E-state index contributed by atoms with van der Waals surface area (Å²) in [4.78, 5) is 32.2. The van der Waals surface area contributed by atoms with Crippen LogP contribution < -0.4 is 14.9 Å². The van der Waals surface area contributed by atoms with Crippen molar-refractivity contribution in [1.29, 1.82) is 0 Å². The lowest BCUT2D eigenvalue weighted by Gasteiger charge is -2.24. The van der Waals surface area contributed by atoms with E-state index in [1.54, 1.807) is 18.4 Å². The van der Waals surface area contributed by atoms with E-state index in [1.165, 1.54) is 22.5 Å². The molecule has 0 N–H and O–H groups in total. The highest BCUT2D eigenvalue weighted by atomic mass is 32.1. The fourth-order valence-corrected chi connectivity index (χ4v) is 6.12. The Morgan fingerprint density at radius 3 is 2.45 bits per heavy atom. The van der Waals surface area contributed by atoms with Crippen LogP contribution in [0.2, 0.25) is 0 Å². The van der Waals surface area contributed by atoms with Crippen molar-refractivity contribution in [2.24, 2.45) is 4.99 Å². The van der Waals surface area contributed by atoms with Crippen molar-refractivity contribution in [2.75, 3.05) is 6.61 Å². The molecule has 0 amide bonds. The molecule has 0 saturated heterocycles. The Bertz CT molecular complexity index is 1770. The molecule has 0 bridgehead atoms. The van der Waals surface area contributed by atoms with Gasteiger partial charge in [0.2, 0.25) is 0 Å². The average Bonchev–Trinajstić information content (AvgIpc) is 3.34. The summed E-state index contributed by atoms with van der Waals surface area (Å²) < 4.78 is 9.79. The molecule has 194 valence electrons. The lowest BCUT2D eigenvalue weighted by molar-refractivity contribution is -0.139. The fourth-order valence-electron chi connectivity index (χ4n) is 5.08. The minimum absolute atomic E-state index is 0.173. The number of rotatable bonds is 5. The van der Waals surface area contributed by atoms with Crippen LogP contribution >= 0.6 is 11.3 Å². The van der Waals surface area contributed by atoms with E-state index in [9.17, 15) is 9.59 Å². The van der Waals surface area contributed by atoms with Crippen molar-refractivity contribution >= 4 is 23.4 Å². The van der Waals surface area contributed by atoms with E-state index < -0.39 is 12.0 Å². The van der Waals surface area contributed by atoms with Crippen LogP contribution in [0.25, 0.3) is 11.8 Å². The topological polar surface area (TPSA) is 65.6 Å². The van der Waals surface area contributed by atoms with E-state index in [1.807, 2.05) is 36.4 Å². The first-order chi connectivity index (χ1) is 18.2. The molecule has 6 nitrogen and oxygen atoms in total. The molecule has 2 aromatic heterocycles. The van der Waals surface area contributed by atoms with Crippen LogP contribution in [0.5, 0.6) is 0 Å². The average molecular weight is 526 g/mol. The molecule has 1 aliphatic rings. The van der Waals surface area contributed by atoms with Gasteiger partial charge < -0.3 is 9.30 Å². The zero-order valence-electron chi connectivity index (χ0n) is 22.5. The molecule has 0 radical (unpaired) electrons. The third-order valence-electron chi connectivity index (χ3n) is 7.14. The van der Waals surface area contributed by atoms with Gasteiger partial charge in [0, 0.05) is 17.1 Å². The molecule has 0 aliphatic carbocycles. The quantitative estimate of drug-likeness (QED) is 0.351. The summed E-state index contributed by atoms with van der Waals surface area (Å²) in [6.45, 7) is 12.2. The maximum absolute atomic E-state index is 13.9. The monoisotopic (exact) mass is 525 g/mol. The van der Waals surface area contributed by atoms with E-state index in [4.69, 9.17) is 4.74 Å². The summed E-state index contributed by atoms with van der Waals surface area (Å²) in [7, 11) is 0. The Kier molecular flexibility index (Phi) is 6.80. The number of hydrogen-bond donors (Lipinski definition) is 0. The van der Waals surface area contributed by atoms with E-state index in [0.717, 1.165) is 28.2 Å². The molecular formula is C31H31N3O3S. The third-order valence-corrected chi connectivity index (χ3v) is 8.12. The van der Waals surface area contributed by atoms with E-state index >= 15 is 0 Å². The number of fused-ring (bicyclic) bond motifs is 1. The molecule has 0 saturated carbocycles. The van der Waals surface area contributed by atoms with Gasteiger partial charge in [0.15, 0.2) is 4.80 Å². The Balaban J connectivity index is 1.68. The van der Waals surface area contributed by atoms with Crippen LogP contribution in [0, 0.1) is 27.7 Å². The van der Waals surface area contributed by atoms with Crippen LogP contribution in [-0.2, 0) is 9.53 Å². The summed E-state index contributed by atoms with van der Waals surface area (Å²) in [5.41, 5.74) is 8.33. The molecule has 0 unspecified atom stereocenters. The minimum atomic E-state index is -0.600. The summed E-state index contributed by atoms with van der Waals surface area (Å²) in [5, 5.41) is 0. The summed E-state index contributed by atoms with van der Waals surface area (Å²) in [6, 6.07) is 17.5. The number of thiazole rings is 1. The lowest BCUT2D eigenvalue weighted by Crippen LogP contribution is -2.39. The van der Waals surface area contributed by atoms with Crippen LogP contribution in [-0.4, -0.2) is 21.7 Å². The van der Waals surface area contributed by atoms with Gasteiger partial charge in [0.25, 0.3) is 5.56 Å². The number of nitrogens with zero attached hydrogens (tertiary/aromatic N) is 3. The number of aromatic nitrogens is 2. The second kappa shape index (κ2) is 10.1. The zero-order valence-corrected chi connectivity index (χ0v) is 23.3. The second-order valence-corrected chi connectivity index (χ2v) is 10.7. The van der Waals surface area contributed by atoms with Gasteiger partial charge in [-0.3, -0.25) is 9.36 Å². The van der Waals surface area contributed by atoms with Gasteiger partial charge >= 0.3 is 5.97 Å². The molecule has 5 rings (SSSR count). The first kappa shape index (κ1) is 25.7. The van der Waals surface area contributed by atoms with Crippen molar-refractivity contribution in [2.45, 2.75) is 47.6 Å². The molecule has 0 spiro atoms. The number of carbonyl (C=O) groups is 1. The maximum atomic E-state index is 13.9. The van der Waals surface area contributed by atoms with Gasteiger partial charge in [0.1, 0.15) is 0 Å². The SMILES string of the molecule is CCOC(=O)C1=C(C)N=c2s/c(=C/c3cc(C)n(-c4ccc(C)c(C)c4)c3C)c(=O)n2[C@H]1c1ccccc1. The van der Waals surface area contributed by atoms with Gasteiger partial charge in [-0.2, -0.15) is 0 Å². The molecule has 2 aromatic carbocycles. The van der Waals surface area contributed by atoms with Gasteiger partial charge in [-0.05, 0) is 88.1 Å². The van der Waals surface area contributed by atoms with Crippen LogP contribution in [0.15, 0.2) is 75.7 Å². The predicted molar refractivity (Wildman–Crippen MR) is 152 cm³/mol. The first-order valence-electron chi connectivity index (χ1n) is 12.7. The Labute approximate surface area is 225 Å². The van der Waals surface area contributed by atoms with Crippen molar-refractivity contribution in [3.8, 4) is 5.69 Å². The normalized spacial score (nSPS) is 15.4. The standard InChI is InChI=1S/C31H31N3O3S/c1-7-37-30(36)27-21(5)32-31-34(28(27)23-11-9-8-10-12-23)29(35)26(38-31)17-24-16-20(4)33(22(24)6)25-14-13-18(2)19(3)15-25/h8-17,28H,7H2,1-6H3/b26-17+/t28-/m0/s1. The zero-order chi connectivity index (χ0) is 27.1. The van der Waals surface area contributed by atoms with Crippen molar-refractivity contribution in [3.63, 3.8) is 0 Å². The summed E-state index contributed by atoms with van der Waals surface area (Å²) >= 11 is 1.34. The number of ether oxygens (including phenoxy) is 1. The molecule has 7 heteroatoms. The smallest absolute Gasteiger partial charge is 0.338 e. The highest BCUT2D eigenvalue weighted by Gasteiger charge is 2.33. The van der Waals surface area contributed by atoms with Gasteiger partial charge in [-0.25, -0.2) is 9.79 Å². The summed E-state index contributed by atoms with van der Waals surface area (Å²) in [5.74, 6) is -0.450. The maximum Gasteiger partial charge on any atom is 0.338 e. The van der Waals surface area contributed by atoms with Crippen molar-refractivity contribution in [1.82, 2.24) is 9.13 Å². The molecule has 4 aromatic rings. The Hall–Kier alpha value is -3.97. The van der Waals surface area contributed by atoms with Crippen molar-refractivity contribution < 1.29 is 9.53 Å². The highest BCUT2D eigenvalue weighted by Crippen LogP contribution is 2.30. The molecule has 1 atom stereocenters. The second-order valence-electron chi connectivity index (χ2n) is 9.64. The van der Waals surface area contributed by atoms with Crippen LogP contribution in [0.3, 0.4) is 0 Å². The lowest BCUT2D eigenvalue weighted by atomic mass is 9.96. The van der Waals surface area contributed by atoms with E-state index in [-0.39, 0.29) is 12.2 Å². The molecule has 1 aliphatic heterocycles. The third kappa shape index (κ3) is 4.37. The van der Waals surface area contributed by atoms with Gasteiger partial charge in [0.05, 0.1) is 28.5 Å². The highest BCUT2D eigenvalue weighted by molar-refractivity contribution is 7.07. The van der Waals surface area contributed by atoms with E-state index in [2.05, 4.69) is 61.5 Å². The van der Waals surface area contributed by atoms with Crippen molar-refractivity contribution in [3.05, 3.63) is 119 Å². The Morgan fingerprint density at radius 2 is 1.76 bits per heavy atom. The first-order valence-corrected chi connectivity index (χ1v) is 13.5. The van der Waals surface area contributed by atoms with Crippen LogP contribution in [0.1, 0.15) is 53.5 Å². The van der Waals surface area contributed by atoms with Gasteiger partial charge in [-0.1, -0.05) is 47.7 Å². The molecular weight excluding hydrogens is 494 g/mol. The number of esters is 1. The number of aryl methyl sites for hydroxylation is 3. The molecule has 3 heterocycles. The molecule has 38 heavy (non-hydrogen) atoms. The number of hydrogen-bond acceptors (Lipinski definition) is 5. The number of allylic oxidation sites excluding steroid dienone is 1. The predicted octanol–water partition coefficient (Wildman–Crippen LogP) is 4.82. The largest absolute Gasteiger partial charge is 0.463 e. The number of benzene rings is 2. The molecule has 0 fully saturated rings. The minimum Gasteiger partial charge on any atom is -0.463 e. The Morgan fingerprint density at radius 1 is 1.03 bits per heavy atom. The fraction of sp³-hybridized carbons (Fsp3) is 0.258. The van der Waals surface area contributed by atoms with E-state index in [0.29, 0.717) is 20.6 Å².